The van der Waals surface area contributed by atoms with Gasteiger partial charge in [-0.15, -0.1) is 23.2 Å². The van der Waals surface area contributed by atoms with Crippen LogP contribution in [0, 0.1) is 11.8 Å². The van der Waals surface area contributed by atoms with E-state index in [9.17, 15) is 14.4 Å². The molecule has 1 fully saturated rings. The van der Waals surface area contributed by atoms with Crippen LogP contribution in [0.2, 0.25) is 10.0 Å². The molecule has 4 aliphatic rings. The predicted octanol–water partition coefficient (Wildman–Crippen LogP) is 7.24. The molecule has 2 bridgehead atoms. The second kappa shape index (κ2) is 10.4. The number of halogens is 4. The standard InChI is InChI=1S/C34H23Cl4NO4/c35-21-15-14-20(26(36)17-21)18-43-32(42)27(16-19-8-2-1-3-9-19)39-30(40)28-29(31(39)41)34(38)23-11-5-4-10-22(23)33(28,37)24-12-6-7-13-25(24)34/h1-15,17,27-29H,16,18H2/t27-,28-,29+,33?,34?/m1/s1. The van der Waals surface area contributed by atoms with Crippen molar-refractivity contribution in [3.8, 4) is 0 Å². The molecule has 0 unspecified atom stereocenters. The summed E-state index contributed by atoms with van der Waals surface area (Å²) in [4.78, 5) is 41.2. The van der Waals surface area contributed by atoms with Crippen molar-refractivity contribution in [1.82, 2.24) is 4.90 Å². The average molecular weight is 651 g/mol. The van der Waals surface area contributed by atoms with Crippen molar-refractivity contribution in [2.24, 2.45) is 11.8 Å². The molecule has 8 rings (SSSR count). The Morgan fingerprint density at radius 3 is 1.72 bits per heavy atom. The van der Waals surface area contributed by atoms with Gasteiger partial charge >= 0.3 is 5.97 Å². The van der Waals surface area contributed by atoms with Gasteiger partial charge in [0.25, 0.3) is 0 Å². The summed E-state index contributed by atoms with van der Waals surface area (Å²) in [6.07, 6.45) is 0.0510. The number of hydrogen-bond acceptors (Lipinski definition) is 4. The number of benzene rings is 4. The Kier molecular flexibility index (Phi) is 6.86. The van der Waals surface area contributed by atoms with Crippen LogP contribution in [0.4, 0.5) is 0 Å². The largest absolute Gasteiger partial charge is 0.459 e. The van der Waals surface area contributed by atoms with E-state index in [2.05, 4.69) is 0 Å². The molecule has 9 heteroatoms. The van der Waals surface area contributed by atoms with Crippen molar-refractivity contribution in [3.05, 3.63) is 140 Å². The maximum atomic E-state index is 14.5. The SMILES string of the molecule is O=C(OCc1ccc(Cl)cc1Cl)[C@@H](Cc1ccccc1)N1C(=O)[C@@H]2[C@H](C1=O)C1(Cl)c3ccccc3C2(Cl)c2ccccc21. The number of imide groups is 1. The molecule has 0 spiro atoms. The van der Waals surface area contributed by atoms with E-state index in [1.807, 2.05) is 78.9 Å². The zero-order valence-electron chi connectivity index (χ0n) is 22.5. The Labute approximate surface area is 268 Å². The molecule has 0 aromatic heterocycles. The van der Waals surface area contributed by atoms with Crippen LogP contribution in [-0.4, -0.2) is 28.7 Å². The first-order valence-corrected chi connectivity index (χ1v) is 15.3. The Morgan fingerprint density at radius 1 is 0.744 bits per heavy atom. The highest BCUT2D eigenvalue weighted by Crippen LogP contribution is 2.69. The van der Waals surface area contributed by atoms with Crippen molar-refractivity contribution < 1.29 is 19.1 Å². The van der Waals surface area contributed by atoms with Gasteiger partial charge in [-0.1, -0.05) is 108 Å². The van der Waals surface area contributed by atoms with Gasteiger partial charge in [0.15, 0.2) is 0 Å². The molecule has 4 aromatic rings. The molecule has 3 aliphatic carbocycles. The van der Waals surface area contributed by atoms with E-state index in [0.29, 0.717) is 37.9 Å². The van der Waals surface area contributed by atoms with Crippen LogP contribution < -0.4 is 0 Å². The lowest BCUT2D eigenvalue weighted by molar-refractivity contribution is -0.159. The zero-order chi connectivity index (χ0) is 30.1. The summed E-state index contributed by atoms with van der Waals surface area (Å²) in [5, 5.41) is 0.777. The molecule has 1 heterocycles. The molecule has 3 atom stereocenters. The van der Waals surface area contributed by atoms with E-state index in [-0.39, 0.29) is 13.0 Å². The fourth-order valence-electron chi connectivity index (χ4n) is 7.00. The summed E-state index contributed by atoms with van der Waals surface area (Å²) < 4.78 is 5.71. The summed E-state index contributed by atoms with van der Waals surface area (Å²) in [7, 11) is 0. The number of nitrogens with zero attached hydrogens (tertiary/aromatic N) is 1. The first-order valence-electron chi connectivity index (χ1n) is 13.8. The number of rotatable bonds is 6. The van der Waals surface area contributed by atoms with Gasteiger partial charge in [-0.3, -0.25) is 14.5 Å². The van der Waals surface area contributed by atoms with Crippen molar-refractivity contribution >= 4 is 64.2 Å². The van der Waals surface area contributed by atoms with Crippen LogP contribution in [0.25, 0.3) is 0 Å². The molecule has 1 saturated heterocycles. The van der Waals surface area contributed by atoms with Crippen LogP contribution in [0.1, 0.15) is 33.4 Å². The third-order valence-corrected chi connectivity index (χ3v) is 10.7. The first-order chi connectivity index (χ1) is 20.7. The van der Waals surface area contributed by atoms with E-state index in [1.165, 1.54) is 0 Å². The minimum Gasteiger partial charge on any atom is -0.459 e. The summed E-state index contributed by atoms with van der Waals surface area (Å²) in [6, 6.07) is 27.6. The van der Waals surface area contributed by atoms with Gasteiger partial charge in [0.1, 0.15) is 22.4 Å². The smallest absolute Gasteiger partial charge is 0.330 e. The van der Waals surface area contributed by atoms with Gasteiger partial charge in [-0.25, -0.2) is 4.79 Å². The number of ether oxygens (including phenoxy) is 1. The van der Waals surface area contributed by atoms with Crippen LogP contribution in [0.5, 0.6) is 0 Å². The second-order valence-corrected chi connectivity index (χ2v) is 13.1. The highest BCUT2D eigenvalue weighted by molar-refractivity contribution is 6.36. The monoisotopic (exact) mass is 649 g/mol. The Bertz CT molecular complexity index is 1690. The second-order valence-electron chi connectivity index (χ2n) is 11.1. The van der Waals surface area contributed by atoms with E-state index in [4.69, 9.17) is 51.1 Å². The summed E-state index contributed by atoms with van der Waals surface area (Å²) in [5.74, 6) is -3.91. The molecule has 0 saturated carbocycles. The fraction of sp³-hybridized carbons (Fsp3) is 0.206. The number of carbonyl (C=O) groups excluding carboxylic acids is 3. The van der Waals surface area contributed by atoms with Gasteiger partial charge in [0, 0.05) is 22.0 Å². The molecule has 43 heavy (non-hydrogen) atoms. The normalized spacial score (nSPS) is 25.6. The topological polar surface area (TPSA) is 63.7 Å². The number of esters is 1. The number of hydrogen-bond donors (Lipinski definition) is 0. The lowest BCUT2D eigenvalue weighted by Crippen LogP contribution is -2.57. The molecule has 1 aliphatic heterocycles. The molecule has 0 radical (unpaired) electrons. The summed E-state index contributed by atoms with van der Waals surface area (Å²) in [6.45, 7) is -0.168. The molecule has 4 aromatic carbocycles. The summed E-state index contributed by atoms with van der Waals surface area (Å²) in [5.41, 5.74) is 4.04. The zero-order valence-corrected chi connectivity index (χ0v) is 25.5. The number of alkyl halides is 2. The van der Waals surface area contributed by atoms with Gasteiger partial charge in [-0.2, -0.15) is 0 Å². The number of likely N-dealkylation sites (tertiary alicyclic amines) is 1. The van der Waals surface area contributed by atoms with Crippen molar-refractivity contribution in [3.63, 3.8) is 0 Å². The van der Waals surface area contributed by atoms with Gasteiger partial charge in [-0.05, 0) is 39.9 Å². The third kappa shape index (κ3) is 4.09. The van der Waals surface area contributed by atoms with Crippen LogP contribution in [-0.2, 0) is 41.9 Å². The molecular formula is C34H23Cl4NO4. The predicted molar refractivity (Wildman–Crippen MR) is 165 cm³/mol. The van der Waals surface area contributed by atoms with Crippen molar-refractivity contribution in [2.75, 3.05) is 0 Å². The number of amides is 2. The van der Waals surface area contributed by atoms with Crippen LogP contribution in [0.15, 0.2) is 97.1 Å². The van der Waals surface area contributed by atoms with Gasteiger partial charge < -0.3 is 4.74 Å². The quantitative estimate of drug-likeness (QED) is 0.125. The fourth-order valence-corrected chi connectivity index (χ4v) is 8.56. The van der Waals surface area contributed by atoms with Crippen LogP contribution >= 0.6 is 46.4 Å². The Hall–Kier alpha value is -3.35. The Morgan fingerprint density at radius 2 is 1.23 bits per heavy atom. The molecule has 5 nitrogen and oxygen atoms in total. The maximum Gasteiger partial charge on any atom is 0.330 e. The van der Waals surface area contributed by atoms with E-state index < -0.39 is 45.4 Å². The van der Waals surface area contributed by atoms with E-state index in [1.54, 1.807) is 18.2 Å². The first kappa shape index (κ1) is 28.4. The highest BCUT2D eigenvalue weighted by atomic mass is 35.5. The molecule has 2 amide bonds. The van der Waals surface area contributed by atoms with Crippen molar-refractivity contribution in [2.45, 2.75) is 28.8 Å². The maximum absolute atomic E-state index is 14.5. The third-order valence-electron chi connectivity index (χ3n) is 8.86. The molecule has 216 valence electrons. The van der Waals surface area contributed by atoms with Gasteiger partial charge in [0.05, 0.1) is 11.8 Å². The lowest BCUT2D eigenvalue weighted by Gasteiger charge is -2.54. The van der Waals surface area contributed by atoms with E-state index in [0.717, 1.165) is 10.5 Å². The molecular weight excluding hydrogens is 628 g/mol. The number of carbonyl (C=O) groups is 3. The molecule has 0 N–H and O–H groups in total. The van der Waals surface area contributed by atoms with Crippen molar-refractivity contribution in [1.29, 1.82) is 0 Å². The Balaban J connectivity index is 1.32. The average Bonchev–Trinajstić information content (AvgIpc) is 3.29. The minimum atomic E-state index is -1.35. The highest BCUT2D eigenvalue weighted by Gasteiger charge is 2.73. The van der Waals surface area contributed by atoms with Crippen LogP contribution in [0.3, 0.4) is 0 Å². The lowest BCUT2D eigenvalue weighted by atomic mass is 9.54. The minimum absolute atomic E-state index is 0.0510. The van der Waals surface area contributed by atoms with E-state index >= 15 is 0 Å². The summed E-state index contributed by atoms with van der Waals surface area (Å²) >= 11 is 27.5. The van der Waals surface area contributed by atoms with Gasteiger partial charge in [0.2, 0.25) is 11.8 Å².